The van der Waals surface area contributed by atoms with Crippen molar-refractivity contribution in [3.05, 3.63) is 74.3 Å². The van der Waals surface area contributed by atoms with Crippen LogP contribution in [0.5, 0.6) is 0 Å². The van der Waals surface area contributed by atoms with E-state index in [1.807, 2.05) is 50.2 Å². The molecule has 35 heavy (non-hydrogen) atoms. The summed E-state index contributed by atoms with van der Waals surface area (Å²) in [6.45, 7) is 10.3. The Labute approximate surface area is 202 Å². The van der Waals surface area contributed by atoms with Crippen LogP contribution in [0.1, 0.15) is 50.8 Å². The minimum Gasteiger partial charge on any atom is -0.440 e. The average Bonchev–Trinajstić information content (AvgIpc) is 3.25. The van der Waals surface area contributed by atoms with Gasteiger partial charge in [0.05, 0.1) is 17.0 Å². The molecular formula is C27H30N4O4. The van der Waals surface area contributed by atoms with Gasteiger partial charge in [-0.3, -0.25) is 4.79 Å². The maximum atomic E-state index is 13.1. The number of aromatic nitrogens is 2. The van der Waals surface area contributed by atoms with Crippen LogP contribution < -0.4 is 21.3 Å². The third kappa shape index (κ3) is 4.60. The smallest absolute Gasteiger partial charge is 0.377 e. The third-order valence-electron chi connectivity index (χ3n) is 6.85. The van der Waals surface area contributed by atoms with E-state index in [1.165, 1.54) is 0 Å². The molecule has 0 unspecified atom stereocenters. The number of para-hydroxylation sites is 1. The van der Waals surface area contributed by atoms with Gasteiger partial charge >= 0.3 is 5.69 Å². The summed E-state index contributed by atoms with van der Waals surface area (Å²) in [5, 5.41) is 6.30. The standard InChI is InChI=1S/C27H30N4O4/c1-16-13-19(17(2)28-21-8-6-5-7-18(21)25-29-26(33)30-35-25)24-20(14-16)22(32)15-23(34-24)31-11-9-27(3,4)10-12-31/h5-8,13-15,17,28H,9-12H2,1-4H3,(H,30,33)/t17-/m1/s1. The van der Waals surface area contributed by atoms with Crippen molar-refractivity contribution in [3.8, 4) is 11.5 Å². The Morgan fingerprint density at radius 2 is 1.86 bits per heavy atom. The topological polar surface area (TPSA) is 104 Å². The Bertz CT molecular complexity index is 1490. The van der Waals surface area contributed by atoms with Crippen LogP contribution in [0, 0.1) is 12.3 Å². The van der Waals surface area contributed by atoms with Crippen LogP contribution in [0.15, 0.2) is 61.0 Å². The van der Waals surface area contributed by atoms with Crippen LogP contribution in [0.4, 0.5) is 11.6 Å². The number of benzene rings is 2. The number of aromatic amines is 1. The zero-order chi connectivity index (χ0) is 24.7. The Balaban J connectivity index is 1.53. The molecule has 1 fully saturated rings. The number of hydrogen-bond donors (Lipinski definition) is 2. The van der Waals surface area contributed by atoms with Gasteiger partial charge in [0.2, 0.25) is 0 Å². The number of rotatable bonds is 5. The lowest BCUT2D eigenvalue weighted by Gasteiger charge is -2.37. The highest BCUT2D eigenvalue weighted by molar-refractivity contribution is 5.83. The minimum atomic E-state index is -0.539. The maximum absolute atomic E-state index is 13.1. The van der Waals surface area contributed by atoms with Crippen LogP contribution in [-0.4, -0.2) is 23.2 Å². The monoisotopic (exact) mass is 474 g/mol. The molecule has 8 heteroatoms. The Hall–Kier alpha value is -3.81. The van der Waals surface area contributed by atoms with Crippen molar-refractivity contribution in [1.29, 1.82) is 0 Å². The Kier molecular flexibility index (Phi) is 5.75. The van der Waals surface area contributed by atoms with Crippen molar-refractivity contribution < 1.29 is 8.94 Å². The summed E-state index contributed by atoms with van der Waals surface area (Å²) in [5.74, 6) is 0.829. The molecule has 182 valence electrons. The highest BCUT2D eigenvalue weighted by atomic mass is 16.5. The summed E-state index contributed by atoms with van der Waals surface area (Å²) in [6, 6.07) is 12.8. The number of hydrogen-bond acceptors (Lipinski definition) is 7. The molecule has 4 aromatic rings. The van der Waals surface area contributed by atoms with E-state index in [2.05, 4.69) is 34.2 Å². The number of H-pyrrole nitrogens is 1. The second-order valence-corrected chi connectivity index (χ2v) is 10.2. The van der Waals surface area contributed by atoms with Gasteiger partial charge in [-0.1, -0.05) is 32.0 Å². The molecule has 0 spiro atoms. The van der Waals surface area contributed by atoms with Crippen LogP contribution in [0.3, 0.4) is 0 Å². The Morgan fingerprint density at radius 3 is 2.57 bits per heavy atom. The molecule has 1 atom stereocenters. The van der Waals surface area contributed by atoms with Gasteiger partial charge in [0.25, 0.3) is 5.89 Å². The molecule has 2 aromatic carbocycles. The van der Waals surface area contributed by atoms with Gasteiger partial charge < -0.3 is 19.2 Å². The normalized spacial score (nSPS) is 16.4. The second kappa shape index (κ2) is 8.76. The van der Waals surface area contributed by atoms with Crippen molar-refractivity contribution >= 4 is 22.5 Å². The fraction of sp³-hybridized carbons (Fsp3) is 0.370. The van der Waals surface area contributed by atoms with Gasteiger partial charge in [-0.25, -0.2) is 4.79 Å². The Morgan fingerprint density at radius 1 is 1.11 bits per heavy atom. The summed E-state index contributed by atoms with van der Waals surface area (Å²) in [4.78, 5) is 30.7. The minimum absolute atomic E-state index is 0.0399. The first kappa shape index (κ1) is 23.0. The predicted octanol–water partition coefficient (Wildman–Crippen LogP) is 5.24. The fourth-order valence-electron chi connectivity index (χ4n) is 4.68. The van der Waals surface area contributed by atoms with Crippen LogP contribution in [0.25, 0.3) is 22.4 Å². The van der Waals surface area contributed by atoms with Crippen LogP contribution in [-0.2, 0) is 0 Å². The number of anilines is 2. The SMILES string of the molecule is Cc1cc([C@@H](C)Nc2ccccc2-c2nc(=O)[nH]o2)c2oc(N3CCC(C)(C)CC3)cc(=O)c2c1. The lowest BCUT2D eigenvalue weighted by Crippen LogP contribution is -2.37. The quantitative estimate of drug-likeness (QED) is 0.407. The molecule has 2 aromatic heterocycles. The van der Waals surface area contributed by atoms with E-state index >= 15 is 0 Å². The lowest BCUT2D eigenvalue weighted by molar-refractivity contribution is 0.274. The molecule has 1 aliphatic rings. The molecule has 1 aliphatic heterocycles. The summed E-state index contributed by atoms with van der Waals surface area (Å²) >= 11 is 0. The summed E-state index contributed by atoms with van der Waals surface area (Å²) in [6.07, 6.45) is 2.10. The molecule has 5 rings (SSSR count). The van der Waals surface area contributed by atoms with Gasteiger partial charge in [-0.15, -0.1) is 0 Å². The number of aryl methyl sites for hydroxylation is 1. The average molecular weight is 475 g/mol. The van der Waals surface area contributed by atoms with E-state index < -0.39 is 5.69 Å². The lowest BCUT2D eigenvalue weighted by atomic mass is 9.83. The van der Waals surface area contributed by atoms with Gasteiger partial charge in [0.15, 0.2) is 11.3 Å². The molecular weight excluding hydrogens is 444 g/mol. The molecule has 0 radical (unpaired) electrons. The van der Waals surface area contributed by atoms with Gasteiger partial charge in [0.1, 0.15) is 5.58 Å². The van der Waals surface area contributed by atoms with Crippen molar-refractivity contribution in [2.24, 2.45) is 5.41 Å². The highest BCUT2D eigenvalue weighted by Crippen LogP contribution is 2.35. The van der Waals surface area contributed by atoms with Crippen molar-refractivity contribution in [1.82, 2.24) is 10.1 Å². The zero-order valence-electron chi connectivity index (χ0n) is 20.5. The molecule has 0 amide bonds. The molecule has 3 heterocycles. The van der Waals surface area contributed by atoms with E-state index in [-0.39, 0.29) is 17.4 Å². The van der Waals surface area contributed by atoms with E-state index in [4.69, 9.17) is 8.94 Å². The molecule has 8 nitrogen and oxygen atoms in total. The summed E-state index contributed by atoms with van der Waals surface area (Å²) in [7, 11) is 0. The van der Waals surface area contributed by atoms with Gasteiger partial charge in [-0.2, -0.15) is 10.1 Å². The van der Waals surface area contributed by atoms with Crippen LogP contribution in [0.2, 0.25) is 0 Å². The van der Waals surface area contributed by atoms with Gasteiger partial charge in [0, 0.05) is 30.4 Å². The second-order valence-electron chi connectivity index (χ2n) is 10.2. The number of piperidine rings is 1. The van der Waals surface area contributed by atoms with E-state index in [0.717, 1.165) is 42.7 Å². The number of nitrogens with zero attached hydrogens (tertiary/aromatic N) is 2. The van der Waals surface area contributed by atoms with Crippen molar-refractivity contribution in [3.63, 3.8) is 0 Å². The summed E-state index contributed by atoms with van der Waals surface area (Å²) < 4.78 is 11.6. The molecule has 2 N–H and O–H groups in total. The summed E-state index contributed by atoms with van der Waals surface area (Å²) in [5.41, 5.74) is 3.59. The van der Waals surface area contributed by atoms with Crippen LogP contribution >= 0.6 is 0 Å². The van der Waals surface area contributed by atoms with Gasteiger partial charge in [-0.05, 0) is 55.9 Å². The van der Waals surface area contributed by atoms with E-state index in [1.54, 1.807) is 6.07 Å². The molecule has 1 saturated heterocycles. The highest BCUT2D eigenvalue weighted by Gasteiger charge is 2.27. The molecule has 0 bridgehead atoms. The van der Waals surface area contributed by atoms with Crippen molar-refractivity contribution in [2.75, 3.05) is 23.3 Å². The predicted molar refractivity (Wildman–Crippen MR) is 137 cm³/mol. The third-order valence-corrected chi connectivity index (χ3v) is 6.85. The van der Waals surface area contributed by atoms with Crippen molar-refractivity contribution in [2.45, 2.75) is 46.6 Å². The number of fused-ring (bicyclic) bond motifs is 1. The zero-order valence-corrected chi connectivity index (χ0v) is 20.5. The van der Waals surface area contributed by atoms with E-state index in [9.17, 15) is 9.59 Å². The largest absolute Gasteiger partial charge is 0.440 e. The maximum Gasteiger partial charge on any atom is 0.377 e. The first-order valence-corrected chi connectivity index (χ1v) is 11.9. The number of nitrogens with one attached hydrogen (secondary N) is 2. The molecule has 0 aliphatic carbocycles. The van der Waals surface area contributed by atoms with E-state index in [0.29, 0.717) is 27.8 Å². The first-order valence-electron chi connectivity index (χ1n) is 11.9. The molecule has 0 saturated carbocycles. The first-order chi connectivity index (χ1) is 16.7. The fourth-order valence-corrected chi connectivity index (χ4v) is 4.68.